The topological polar surface area (TPSA) is 12.0 Å². The molecule has 1 heteroatoms. The van der Waals surface area contributed by atoms with Gasteiger partial charge in [-0.3, -0.25) is 0 Å². The number of allylic oxidation sites excluding steroid dienone is 3. The molecule has 2 aliphatic rings. The fourth-order valence-corrected chi connectivity index (χ4v) is 1.80. The van der Waals surface area contributed by atoms with Gasteiger partial charge in [0.1, 0.15) is 0 Å². The summed E-state index contributed by atoms with van der Waals surface area (Å²) in [5.41, 5.74) is 2.94. The molecule has 0 aromatic heterocycles. The van der Waals surface area contributed by atoms with Crippen molar-refractivity contribution in [3.05, 3.63) is 23.4 Å². The van der Waals surface area contributed by atoms with E-state index in [0.717, 1.165) is 12.5 Å². The van der Waals surface area contributed by atoms with Gasteiger partial charge in [0.15, 0.2) is 0 Å². The van der Waals surface area contributed by atoms with E-state index in [-0.39, 0.29) is 0 Å². The second-order valence-electron chi connectivity index (χ2n) is 3.67. The van der Waals surface area contributed by atoms with E-state index in [9.17, 15) is 0 Å². The molecule has 1 aliphatic carbocycles. The molecule has 0 aromatic carbocycles. The summed E-state index contributed by atoms with van der Waals surface area (Å²) in [6.45, 7) is 5.71. The van der Waals surface area contributed by atoms with Crippen molar-refractivity contribution >= 4 is 0 Å². The fraction of sp³-hybridized carbons (Fsp3) is 0.600. The number of hydrogen-bond acceptors (Lipinski definition) is 1. The summed E-state index contributed by atoms with van der Waals surface area (Å²) in [5.74, 6) is 1.44. The van der Waals surface area contributed by atoms with Crippen LogP contribution in [0, 0.1) is 11.8 Å². The highest BCUT2D eigenvalue weighted by Crippen LogP contribution is 2.30. The van der Waals surface area contributed by atoms with Gasteiger partial charge >= 0.3 is 0 Å². The Bertz CT molecular complexity index is 201. The van der Waals surface area contributed by atoms with E-state index in [4.69, 9.17) is 0 Å². The van der Waals surface area contributed by atoms with Gasteiger partial charge in [0.25, 0.3) is 0 Å². The Morgan fingerprint density at radius 1 is 1.27 bits per heavy atom. The zero-order chi connectivity index (χ0) is 7.84. The molecule has 1 fully saturated rings. The van der Waals surface area contributed by atoms with Gasteiger partial charge < -0.3 is 5.32 Å². The van der Waals surface area contributed by atoms with Crippen LogP contribution in [0.2, 0.25) is 0 Å². The summed E-state index contributed by atoms with van der Waals surface area (Å²) in [6, 6.07) is 0. The summed E-state index contributed by atoms with van der Waals surface area (Å²) >= 11 is 0. The third-order valence-electron chi connectivity index (χ3n) is 2.78. The van der Waals surface area contributed by atoms with Gasteiger partial charge in [-0.05, 0) is 23.8 Å². The van der Waals surface area contributed by atoms with Crippen LogP contribution in [0.25, 0.3) is 0 Å². The first-order valence-corrected chi connectivity index (χ1v) is 4.44. The molecule has 0 aromatic rings. The van der Waals surface area contributed by atoms with Crippen molar-refractivity contribution in [3.63, 3.8) is 0 Å². The lowest BCUT2D eigenvalue weighted by atomic mass is 9.87. The van der Waals surface area contributed by atoms with Gasteiger partial charge in [-0.15, -0.1) is 0 Å². The summed E-state index contributed by atoms with van der Waals surface area (Å²) < 4.78 is 0. The normalized spacial score (nSPS) is 35.5. The van der Waals surface area contributed by atoms with Crippen LogP contribution in [0.3, 0.4) is 0 Å². The maximum Gasteiger partial charge on any atom is 0.0332 e. The van der Waals surface area contributed by atoms with Crippen molar-refractivity contribution in [2.24, 2.45) is 11.8 Å². The Morgan fingerprint density at radius 3 is 2.82 bits per heavy atom. The molecule has 1 aliphatic heterocycles. The van der Waals surface area contributed by atoms with Crippen molar-refractivity contribution in [2.75, 3.05) is 6.54 Å². The van der Waals surface area contributed by atoms with Gasteiger partial charge in [0.05, 0.1) is 0 Å². The highest BCUT2D eigenvalue weighted by Gasteiger charge is 2.21. The molecular formula is C10H15N. The highest BCUT2D eigenvalue weighted by molar-refractivity contribution is 5.37. The molecular weight excluding hydrogens is 134 g/mol. The Hall–Kier alpha value is -0.720. The number of fused-ring (bicyclic) bond motifs is 1. The van der Waals surface area contributed by atoms with Gasteiger partial charge in [0.2, 0.25) is 0 Å². The fourth-order valence-electron chi connectivity index (χ4n) is 1.80. The Labute approximate surface area is 68.2 Å². The molecule has 0 amide bonds. The summed E-state index contributed by atoms with van der Waals surface area (Å²) in [7, 11) is 0. The van der Waals surface area contributed by atoms with Crippen LogP contribution in [0.5, 0.6) is 0 Å². The Kier molecular flexibility index (Phi) is 1.52. The molecule has 0 spiro atoms. The predicted molar refractivity (Wildman–Crippen MR) is 47.1 cm³/mol. The number of hydrogen-bond donors (Lipinski definition) is 1. The summed E-state index contributed by atoms with van der Waals surface area (Å²) in [4.78, 5) is 0. The second kappa shape index (κ2) is 2.40. The molecule has 2 rings (SSSR count). The lowest BCUT2D eigenvalue weighted by molar-refractivity contribution is 0.542. The minimum atomic E-state index is 0.708. The average Bonchev–Trinajstić information content (AvgIpc) is 2.36. The molecule has 1 saturated heterocycles. The molecule has 11 heavy (non-hydrogen) atoms. The van der Waals surface area contributed by atoms with Crippen LogP contribution in [0.4, 0.5) is 0 Å². The summed E-state index contributed by atoms with van der Waals surface area (Å²) in [5, 5.41) is 3.40. The average molecular weight is 149 g/mol. The number of rotatable bonds is 0. The SMILES string of the molecule is CC1C=C2CCNC2=CC1C. The third-order valence-corrected chi connectivity index (χ3v) is 2.78. The van der Waals surface area contributed by atoms with Crippen LogP contribution in [-0.4, -0.2) is 6.54 Å². The first kappa shape index (κ1) is 6.96. The maximum atomic E-state index is 3.40. The first-order chi connectivity index (χ1) is 5.27. The molecule has 60 valence electrons. The summed E-state index contributed by atoms with van der Waals surface area (Å²) in [6.07, 6.45) is 6.01. The van der Waals surface area contributed by atoms with Crippen LogP contribution < -0.4 is 5.32 Å². The lowest BCUT2D eigenvalue weighted by Crippen LogP contribution is -2.13. The first-order valence-electron chi connectivity index (χ1n) is 4.44. The quantitative estimate of drug-likeness (QED) is 0.556. The van der Waals surface area contributed by atoms with E-state index in [1.807, 2.05) is 0 Å². The van der Waals surface area contributed by atoms with Crippen molar-refractivity contribution in [2.45, 2.75) is 20.3 Å². The molecule has 2 unspecified atom stereocenters. The Morgan fingerprint density at radius 2 is 2.00 bits per heavy atom. The third kappa shape index (κ3) is 1.09. The van der Waals surface area contributed by atoms with Gasteiger partial charge in [0, 0.05) is 12.2 Å². The van der Waals surface area contributed by atoms with E-state index in [1.54, 1.807) is 0 Å². The van der Waals surface area contributed by atoms with Gasteiger partial charge in [-0.2, -0.15) is 0 Å². The molecule has 1 N–H and O–H groups in total. The van der Waals surface area contributed by atoms with Crippen LogP contribution in [-0.2, 0) is 0 Å². The van der Waals surface area contributed by atoms with E-state index in [0.29, 0.717) is 5.92 Å². The van der Waals surface area contributed by atoms with Crippen molar-refractivity contribution in [1.29, 1.82) is 0 Å². The van der Waals surface area contributed by atoms with Crippen molar-refractivity contribution in [1.82, 2.24) is 5.32 Å². The monoisotopic (exact) mass is 149 g/mol. The molecule has 1 nitrogen and oxygen atoms in total. The Balaban J connectivity index is 2.29. The predicted octanol–water partition coefficient (Wildman–Crippen LogP) is 2.08. The maximum absolute atomic E-state index is 3.40. The van der Waals surface area contributed by atoms with Gasteiger partial charge in [-0.25, -0.2) is 0 Å². The minimum absolute atomic E-state index is 0.708. The minimum Gasteiger partial charge on any atom is -0.385 e. The number of nitrogens with one attached hydrogen (secondary N) is 1. The van der Waals surface area contributed by atoms with Crippen LogP contribution in [0.15, 0.2) is 23.4 Å². The lowest BCUT2D eigenvalue weighted by Gasteiger charge is -2.20. The molecule has 2 atom stereocenters. The second-order valence-corrected chi connectivity index (χ2v) is 3.67. The van der Waals surface area contributed by atoms with E-state index in [2.05, 4.69) is 31.3 Å². The van der Waals surface area contributed by atoms with E-state index >= 15 is 0 Å². The zero-order valence-electron chi connectivity index (χ0n) is 7.22. The van der Waals surface area contributed by atoms with E-state index < -0.39 is 0 Å². The highest BCUT2D eigenvalue weighted by atomic mass is 14.9. The molecule has 1 heterocycles. The van der Waals surface area contributed by atoms with Crippen LogP contribution >= 0.6 is 0 Å². The van der Waals surface area contributed by atoms with Gasteiger partial charge in [-0.1, -0.05) is 26.0 Å². The van der Waals surface area contributed by atoms with Crippen LogP contribution in [0.1, 0.15) is 20.3 Å². The smallest absolute Gasteiger partial charge is 0.0332 e. The zero-order valence-corrected chi connectivity index (χ0v) is 7.22. The van der Waals surface area contributed by atoms with E-state index in [1.165, 1.54) is 17.7 Å². The van der Waals surface area contributed by atoms with Crippen molar-refractivity contribution < 1.29 is 0 Å². The standard InChI is InChI=1S/C10H15N/c1-7-5-9-3-4-11-10(9)6-8(7)2/h5-8,11H,3-4H2,1-2H3. The molecule has 0 saturated carbocycles. The van der Waals surface area contributed by atoms with Crippen molar-refractivity contribution in [3.8, 4) is 0 Å². The largest absolute Gasteiger partial charge is 0.385 e. The molecule has 0 radical (unpaired) electrons. The molecule has 0 bridgehead atoms.